The van der Waals surface area contributed by atoms with Crippen LogP contribution in [0.25, 0.3) is 0 Å². The second kappa shape index (κ2) is 9.24. The Hall–Kier alpha value is -0.700. The van der Waals surface area contributed by atoms with Crippen molar-refractivity contribution in [3.05, 3.63) is 0 Å². The van der Waals surface area contributed by atoms with Crippen molar-refractivity contribution in [1.82, 2.24) is 0 Å². The standard InChI is InChI=1S/C16H30O3/c1-5-6-7-8-9-10-11-12-13(2)15(18)16(4,19)14(3)17/h13,19H,5-12H2,1-4H3/t13-,16-/m1/s1. The van der Waals surface area contributed by atoms with Gasteiger partial charge in [0.2, 0.25) is 0 Å². The molecule has 0 aliphatic heterocycles. The molecular formula is C16H30O3. The molecule has 2 atom stereocenters. The van der Waals surface area contributed by atoms with Crippen molar-refractivity contribution < 1.29 is 14.7 Å². The van der Waals surface area contributed by atoms with Gasteiger partial charge in [-0.2, -0.15) is 0 Å². The normalized spacial score (nSPS) is 15.8. The predicted molar refractivity (Wildman–Crippen MR) is 78.1 cm³/mol. The van der Waals surface area contributed by atoms with E-state index in [4.69, 9.17) is 0 Å². The molecule has 1 N–H and O–H groups in total. The molecule has 0 aliphatic rings. The Labute approximate surface area is 117 Å². The second-order valence-electron chi connectivity index (χ2n) is 5.80. The number of hydrogen-bond donors (Lipinski definition) is 1. The van der Waals surface area contributed by atoms with E-state index in [1.807, 2.05) is 0 Å². The first-order valence-corrected chi connectivity index (χ1v) is 7.61. The molecule has 0 heterocycles. The van der Waals surface area contributed by atoms with Gasteiger partial charge in [-0.05, 0) is 20.3 Å². The van der Waals surface area contributed by atoms with Crippen LogP contribution in [0.1, 0.15) is 79.1 Å². The van der Waals surface area contributed by atoms with Gasteiger partial charge < -0.3 is 5.11 Å². The van der Waals surface area contributed by atoms with Crippen LogP contribution in [-0.2, 0) is 9.59 Å². The number of hydrogen-bond acceptors (Lipinski definition) is 3. The van der Waals surface area contributed by atoms with Gasteiger partial charge in [-0.25, -0.2) is 0 Å². The van der Waals surface area contributed by atoms with E-state index in [1.54, 1.807) is 6.92 Å². The number of aliphatic hydroxyl groups is 1. The van der Waals surface area contributed by atoms with Gasteiger partial charge in [-0.3, -0.25) is 9.59 Å². The summed E-state index contributed by atoms with van der Waals surface area (Å²) in [5, 5.41) is 9.83. The number of carbonyl (C=O) groups is 2. The van der Waals surface area contributed by atoms with E-state index in [0.29, 0.717) is 0 Å². The molecular weight excluding hydrogens is 240 g/mol. The lowest BCUT2D eigenvalue weighted by molar-refractivity contribution is -0.150. The molecule has 3 nitrogen and oxygen atoms in total. The first-order valence-electron chi connectivity index (χ1n) is 7.61. The second-order valence-corrected chi connectivity index (χ2v) is 5.80. The number of Topliss-reactive ketones (excluding diaryl/α,β-unsaturated/α-hetero) is 2. The van der Waals surface area contributed by atoms with Gasteiger partial charge in [0.15, 0.2) is 17.2 Å². The summed E-state index contributed by atoms with van der Waals surface area (Å²) in [5.41, 5.74) is -1.81. The van der Waals surface area contributed by atoms with Crippen LogP contribution in [-0.4, -0.2) is 22.3 Å². The molecule has 0 amide bonds. The molecule has 112 valence electrons. The van der Waals surface area contributed by atoms with Crippen molar-refractivity contribution >= 4 is 11.6 Å². The summed E-state index contributed by atoms with van der Waals surface area (Å²) < 4.78 is 0. The predicted octanol–water partition coefficient (Wildman–Crippen LogP) is 3.67. The van der Waals surface area contributed by atoms with E-state index >= 15 is 0 Å². The highest BCUT2D eigenvalue weighted by Gasteiger charge is 2.37. The fraction of sp³-hybridized carbons (Fsp3) is 0.875. The summed E-state index contributed by atoms with van der Waals surface area (Å²) in [5.74, 6) is -1.05. The summed E-state index contributed by atoms with van der Waals surface area (Å²) in [6.45, 7) is 6.57. The molecule has 0 saturated carbocycles. The summed E-state index contributed by atoms with van der Waals surface area (Å²) >= 11 is 0. The highest BCUT2D eigenvalue weighted by molar-refractivity contribution is 6.09. The molecule has 0 aromatic carbocycles. The lowest BCUT2D eigenvalue weighted by Crippen LogP contribution is -2.45. The molecule has 0 aromatic rings. The average Bonchev–Trinajstić information content (AvgIpc) is 2.36. The van der Waals surface area contributed by atoms with Crippen molar-refractivity contribution in [3.8, 4) is 0 Å². The third-order valence-corrected chi connectivity index (χ3v) is 3.85. The summed E-state index contributed by atoms with van der Waals surface area (Å²) in [7, 11) is 0. The van der Waals surface area contributed by atoms with Crippen LogP contribution in [0, 0.1) is 5.92 Å². The van der Waals surface area contributed by atoms with Crippen molar-refractivity contribution in [2.24, 2.45) is 5.92 Å². The molecule has 0 fully saturated rings. The molecule has 0 saturated heterocycles. The van der Waals surface area contributed by atoms with Crippen molar-refractivity contribution in [2.75, 3.05) is 0 Å². The van der Waals surface area contributed by atoms with Gasteiger partial charge >= 0.3 is 0 Å². The molecule has 0 aromatic heterocycles. The minimum atomic E-state index is -1.81. The number of unbranched alkanes of at least 4 members (excludes halogenated alkanes) is 6. The van der Waals surface area contributed by atoms with Gasteiger partial charge in [0.25, 0.3) is 0 Å². The molecule has 0 aliphatic carbocycles. The lowest BCUT2D eigenvalue weighted by Gasteiger charge is -2.22. The highest BCUT2D eigenvalue weighted by atomic mass is 16.3. The zero-order valence-electron chi connectivity index (χ0n) is 13.0. The van der Waals surface area contributed by atoms with Gasteiger partial charge in [-0.15, -0.1) is 0 Å². The van der Waals surface area contributed by atoms with Gasteiger partial charge in [-0.1, -0.05) is 58.8 Å². The average molecular weight is 270 g/mol. The first-order chi connectivity index (χ1) is 8.84. The van der Waals surface area contributed by atoms with Crippen LogP contribution in [0.2, 0.25) is 0 Å². The van der Waals surface area contributed by atoms with Gasteiger partial charge in [0.05, 0.1) is 0 Å². The topological polar surface area (TPSA) is 54.4 Å². The Bertz CT molecular complexity index is 282. The number of ketones is 2. The van der Waals surface area contributed by atoms with E-state index in [9.17, 15) is 14.7 Å². The Morgan fingerprint density at radius 1 is 1.05 bits per heavy atom. The maximum absolute atomic E-state index is 11.9. The van der Waals surface area contributed by atoms with Crippen LogP contribution in [0.15, 0.2) is 0 Å². The molecule has 3 heteroatoms. The van der Waals surface area contributed by atoms with Gasteiger partial charge in [0, 0.05) is 5.92 Å². The molecule has 0 spiro atoms. The molecule has 0 bridgehead atoms. The van der Waals surface area contributed by atoms with Crippen LogP contribution in [0.5, 0.6) is 0 Å². The zero-order chi connectivity index (χ0) is 14.9. The Morgan fingerprint density at radius 2 is 1.53 bits per heavy atom. The van der Waals surface area contributed by atoms with Crippen LogP contribution in [0.3, 0.4) is 0 Å². The third kappa shape index (κ3) is 6.86. The van der Waals surface area contributed by atoms with E-state index < -0.39 is 11.4 Å². The largest absolute Gasteiger partial charge is 0.375 e. The fourth-order valence-corrected chi connectivity index (χ4v) is 2.19. The van der Waals surface area contributed by atoms with Crippen molar-refractivity contribution in [3.63, 3.8) is 0 Å². The van der Waals surface area contributed by atoms with Crippen LogP contribution >= 0.6 is 0 Å². The minimum Gasteiger partial charge on any atom is -0.375 e. The summed E-state index contributed by atoms with van der Waals surface area (Å²) in [6.07, 6.45) is 9.21. The first kappa shape index (κ1) is 18.3. The summed E-state index contributed by atoms with van der Waals surface area (Å²) in [6, 6.07) is 0. The monoisotopic (exact) mass is 270 g/mol. The van der Waals surface area contributed by atoms with Crippen molar-refractivity contribution in [1.29, 1.82) is 0 Å². The maximum Gasteiger partial charge on any atom is 0.178 e. The third-order valence-electron chi connectivity index (χ3n) is 3.85. The van der Waals surface area contributed by atoms with E-state index in [1.165, 1.54) is 46.0 Å². The fourth-order valence-electron chi connectivity index (χ4n) is 2.19. The zero-order valence-corrected chi connectivity index (χ0v) is 13.0. The number of rotatable bonds is 11. The molecule has 0 radical (unpaired) electrons. The molecule has 0 rings (SSSR count). The Morgan fingerprint density at radius 3 is 2.00 bits per heavy atom. The Kier molecular flexibility index (Phi) is 8.90. The lowest BCUT2D eigenvalue weighted by atomic mass is 9.85. The summed E-state index contributed by atoms with van der Waals surface area (Å²) in [4.78, 5) is 23.2. The van der Waals surface area contributed by atoms with E-state index in [0.717, 1.165) is 19.3 Å². The maximum atomic E-state index is 11.9. The van der Waals surface area contributed by atoms with Crippen LogP contribution < -0.4 is 0 Å². The molecule has 0 unspecified atom stereocenters. The smallest absolute Gasteiger partial charge is 0.178 e. The van der Waals surface area contributed by atoms with Crippen LogP contribution in [0.4, 0.5) is 0 Å². The van der Waals surface area contributed by atoms with E-state index in [2.05, 4.69) is 6.92 Å². The Balaban J connectivity index is 3.83. The minimum absolute atomic E-state index is 0.241. The highest BCUT2D eigenvalue weighted by Crippen LogP contribution is 2.19. The molecule has 19 heavy (non-hydrogen) atoms. The quantitative estimate of drug-likeness (QED) is 0.460. The van der Waals surface area contributed by atoms with E-state index in [-0.39, 0.29) is 11.7 Å². The number of carbonyl (C=O) groups excluding carboxylic acids is 2. The van der Waals surface area contributed by atoms with Gasteiger partial charge in [0.1, 0.15) is 0 Å². The van der Waals surface area contributed by atoms with Crippen molar-refractivity contribution in [2.45, 2.75) is 84.7 Å². The SMILES string of the molecule is CCCCCCCCC[C@@H](C)C(=O)[C@](C)(O)C(C)=O.